The molecule has 3 rings (SSSR count). The fourth-order valence-corrected chi connectivity index (χ4v) is 3.95. The molecule has 2 fully saturated rings. The fraction of sp³-hybridized carbons (Fsp3) is 0.765. The highest BCUT2D eigenvalue weighted by Gasteiger charge is 2.44. The Morgan fingerprint density at radius 2 is 2.08 bits per heavy atom. The van der Waals surface area contributed by atoms with Crippen LogP contribution in [0.2, 0.25) is 0 Å². The van der Waals surface area contributed by atoms with E-state index in [0.717, 1.165) is 12.8 Å². The molecule has 2 saturated heterocycles. The van der Waals surface area contributed by atoms with Gasteiger partial charge in [0, 0.05) is 32.0 Å². The van der Waals surface area contributed by atoms with Gasteiger partial charge in [0.25, 0.3) is 0 Å². The van der Waals surface area contributed by atoms with Crippen molar-refractivity contribution in [3.8, 4) is 0 Å². The second-order valence-electron chi connectivity index (χ2n) is 6.99. The van der Waals surface area contributed by atoms with Gasteiger partial charge in [-0.05, 0) is 19.8 Å². The van der Waals surface area contributed by atoms with Gasteiger partial charge in [-0.25, -0.2) is 0 Å². The van der Waals surface area contributed by atoms with Crippen molar-refractivity contribution in [2.45, 2.75) is 64.6 Å². The summed E-state index contributed by atoms with van der Waals surface area (Å²) < 4.78 is 5.21. The van der Waals surface area contributed by atoms with Gasteiger partial charge in [0.15, 0.2) is 5.82 Å². The first-order valence-electron chi connectivity index (χ1n) is 9.02. The van der Waals surface area contributed by atoms with Crippen LogP contribution in [-0.4, -0.2) is 62.1 Å². The highest BCUT2D eigenvalue weighted by molar-refractivity contribution is 5.89. The molecule has 2 aliphatic rings. The van der Waals surface area contributed by atoms with E-state index in [4.69, 9.17) is 4.52 Å². The minimum atomic E-state index is -0.617. The molecule has 0 saturated carbocycles. The van der Waals surface area contributed by atoms with E-state index in [0.29, 0.717) is 24.7 Å². The third kappa shape index (κ3) is 3.40. The molecule has 0 radical (unpaired) electrons. The number of carbonyl (C=O) groups excluding carboxylic acids is 2. The molecular weight excluding hydrogens is 324 g/mol. The molecular formula is C17H26N4O4. The van der Waals surface area contributed by atoms with Crippen molar-refractivity contribution in [3.05, 3.63) is 11.7 Å². The van der Waals surface area contributed by atoms with Gasteiger partial charge in [-0.1, -0.05) is 19.0 Å². The number of hydrogen-bond acceptors (Lipinski definition) is 6. The number of aryl methyl sites for hydroxylation is 1. The van der Waals surface area contributed by atoms with Crippen molar-refractivity contribution < 1.29 is 19.2 Å². The maximum atomic E-state index is 13.0. The number of amides is 2. The second kappa shape index (κ2) is 7.11. The number of aliphatic hydroxyl groups excluding tert-OH is 1. The molecule has 8 nitrogen and oxygen atoms in total. The maximum Gasteiger partial charge on any atom is 0.249 e. The van der Waals surface area contributed by atoms with Crippen molar-refractivity contribution in [1.82, 2.24) is 19.9 Å². The summed E-state index contributed by atoms with van der Waals surface area (Å²) >= 11 is 0. The highest BCUT2D eigenvalue weighted by Crippen LogP contribution is 2.34. The molecule has 3 heterocycles. The van der Waals surface area contributed by atoms with Crippen LogP contribution in [0.25, 0.3) is 0 Å². The average Bonchev–Trinajstić information content (AvgIpc) is 3.27. The van der Waals surface area contributed by atoms with Crippen LogP contribution in [0, 0.1) is 12.8 Å². The zero-order valence-electron chi connectivity index (χ0n) is 15.0. The molecule has 0 aliphatic carbocycles. The lowest BCUT2D eigenvalue weighted by Gasteiger charge is -2.27. The summed E-state index contributed by atoms with van der Waals surface area (Å²) in [5.74, 6) is 0.407. The van der Waals surface area contributed by atoms with E-state index >= 15 is 0 Å². The van der Waals surface area contributed by atoms with Crippen LogP contribution in [0.5, 0.6) is 0 Å². The number of hydrogen-bond donors (Lipinski definition) is 1. The van der Waals surface area contributed by atoms with Crippen molar-refractivity contribution in [2.75, 3.05) is 13.1 Å². The molecule has 25 heavy (non-hydrogen) atoms. The summed E-state index contributed by atoms with van der Waals surface area (Å²) in [6.45, 7) is 6.52. The monoisotopic (exact) mass is 350 g/mol. The van der Waals surface area contributed by atoms with E-state index < -0.39 is 12.1 Å². The first-order valence-corrected chi connectivity index (χ1v) is 9.02. The van der Waals surface area contributed by atoms with Gasteiger partial charge < -0.3 is 19.4 Å². The van der Waals surface area contributed by atoms with Crippen LogP contribution in [0.4, 0.5) is 0 Å². The average molecular weight is 350 g/mol. The number of rotatable bonds is 5. The van der Waals surface area contributed by atoms with Gasteiger partial charge >= 0.3 is 0 Å². The van der Waals surface area contributed by atoms with E-state index in [9.17, 15) is 14.7 Å². The molecule has 1 unspecified atom stereocenters. The van der Waals surface area contributed by atoms with E-state index in [1.54, 1.807) is 11.8 Å². The van der Waals surface area contributed by atoms with Crippen LogP contribution in [0.15, 0.2) is 4.52 Å². The van der Waals surface area contributed by atoms with Crippen molar-refractivity contribution in [1.29, 1.82) is 0 Å². The summed E-state index contributed by atoms with van der Waals surface area (Å²) in [4.78, 5) is 33.0. The molecule has 0 aromatic carbocycles. The number of carbonyl (C=O) groups is 2. The first-order chi connectivity index (χ1) is 11.9. The van der Waals surface area contributed by atoms with Crippen LogP contribution in [-0.2, 0) is 9.59 Å². The van der Waals surface area contributed by atoms with E-state index in [-0.39, 0.29) is 36.7 Å². The van der Waals surface area contributed by atoms with E-state index in [1.165, 1.54) is 0 Å². The Labute approximate surface area is 147 Å². The predicted molar refractivity (Wildman–Crippen MR) is 88.3 cm³/mol. The molecule has 0 bridgehead atoms. The molecule has 0 spiro atoms. The Bertz CT molecular complexity index is 642. The molecule has 1 aromatic heterocycles. The normalized spacial score (nSPS) is 26.9. The molecule has 2 aliphatic heterocycles. The third-order valence-corrected chi connectivity index (χ3v) is 5.28. The Balaban J connectivity index is 1.74. The lowest BCUT2D eigenvalue weighted by molar-refractivity contribution is -0.137. The summed E-state index contributed by atoms with van der Waals surface area (Å²) in [6, 6.07) is -0.232. The topological polar surface area (TPSA) is 99.8 Å². The van der Waals surface area contributed by atoms with Gasteiger partial charge in [0.2, 0.25) is 17.7 Å². The maximum absolute atomic E-state index is 13.0. The largest absolute Gasteiger partial charge is 0.391 e. The Morgan fingerprint density at radius 1 is 1.36 bits per heavy atom. The van der Waals surface area contributed by atoms with Gasteiger partial charge in [-0.2, -0.15) is 4.98 Å². The Hall–Kier alpha value is -1.96. The minimum absolute atomic E-state index is 0.0389. The van der Waals surface area contributed by atoms with Gasteiger partial charge in [0.1, 0.15) is 6.04 Å². The fourth-order valence-electron chi connectivity index (χ4n) is 3.95. The number of β-amino-alcohol motifs (C(OH)–C–C–N with tert-alkyl or cyclic N) is 1. The summed E-state index contributed by atoms with van der Waals surface area (Å²) in [6.07, 6.45) is 1.76. The molecule has 1 aromatic rings. The first kappa shape index (κ1) is 17.8. The minimum Gasteiger partial charge on any atom is -0.391 e. The zero-order chi connectivity index (χ0) is 18.1. The van der Waals surface area contributed by atoms with Crippen LogP contribution in [0.1, 0.15) is 57.3 Å². The molecule has 8 heteroatoms. The number of aliphatic hydroxyl groups is 1. The van der Waals surface area contributed by atoms with Crippen molar-refractivity contribution >= 4 is 11.8 Å². The quantitative estimate of drug-likeness (QED) is 0.852. The molecule has 138 valence electrons. The standard InChI is InChI=1S/C17H26N4O4/c1-4-12(5-2)20-8-11(6-15(20)23)17(24)21-9-13(22)7-14(21)16-18-10(3)19-25-16/h11-14,22H,4-9H2,1-3H3/t11?,13-,14+/m0/s1. The highest BCUT2D eigenvalue weighted by atomic mass is 16.5. The van der Waals surface area contributed by atoms with E-state index in [2.05, 4.69) is 24.0 Å². The van der Waals surface area contributed by atoms with Crippen LogP contribution in [0.3, 0.4) is 0 Å². The Morgan fingerprint density at radius 3 is 2.68 bits per heavy atom. The zero-order valence-corrected chi connectivity index (χ0v) is 15.0. The van der Waals surface area contributed by atoms with Gasteiger partial charge in [-0.3, -0.25) is 9.59 Å². The van der Waals surface area contributed by atoms with Crippen LogP contribution >= 0.6 is 0 Å². The number of likely N-dealkylation sites (tertiary alicyclic amines) is 2. The molecule has 1 N–H and O–H groups in total. The summed E-state index contributed by atoms with van der Waals surface area (Å²) in [5, 5.41) is 13.8. The molecule has 2 amide bonds. The van der Waals surface area contributed by atoms with Crippen LogP contribution < -0.4 is 0 Å². The smallest absolute Gasteiger partial charge is 0.249 e. The van der Waals surface area contributed by atoms with E-state index in [1.807, 2.05) is 4.90 Å². The summed E-state index contributed by atoms with van der Waals surface area (Å²) in [7, 11) is 0. The molecule has 3 atom stereocenters. The second-order valence-corrected chi connectivity index (χ2v) is 6.99. The predicted octanol–water partition coefficient (Wildman–Crippen LogP) is 1.05. The van der Waals surface area contributed by atoms with Crippen molar-refractivity contribution in [2.24, 2.45) is 5.92 Å². The summed E-state index contributed by atoms with van der Waals surface area (Å²) in [5.41, 5.74) is 0. The Kier molecular flexibility index (Phi) is 5.08. The van der Waals surface area contributed by atoms with Gasteiger partial charge in [-0.15, -0.1) is 0 Å². The SMILES string of the molecule is CCC(CC)N1CC(C(=O)N2C[C@@H](O)C[C@@H]2c2nc(C)no2)CC1=O. The number of aromatic nitrogens is 2. The van der Waals surface area contributed by atoms with Gasteiger partial charge in [0.05, 0.1) is 12.0 Å². The number of nitrogens with zero attached hydrogens (tertiary/aromatic N) is 4. The lowest BCUT2D eigenvalue weighted by Crippen LogP contribution is -2.39. The van der Waals surface area contributed by atoms with Crippen molar-refractivity contribution in [3.63, 3.8) is 0 Å². The third-order valence-electron chi connectivity index (χ3n) is 5.28. The lowest BCUT2D eigenvalue weighted by atomic mass is 10.1.